The van der Waals surface area contributed by atoms with Gasteiger partial charge in [0.2, 0.25) is 0 Å². The van der Waals surface area contributed by atoms with Crippen LogP contribution >= 0.6 is 0 Å². The highest BCUT2D eigenvalue weighted by atomic mass is 16.8. The van der Waals surface area contributed by atoms with Gasteiger partial charge in [0, 0.05) is 0 Å². The second-order valence-corrected chi connectivity index (χ2v) is 4.41. The molecule has 3 N–H and O–H groups in total. The van der Waals surface area contributed by atoms with Crippen molar-refractivity contribution in [1.82, 2.24) is 0 Å². The third-order valence-corrected chi connectivity index (χ3v) is 2.82. The molecule has 0 aromatic rings. The Morgan fingerprint density at radius 1 is 1.07 bits per heavy atom. The lowest BCUT2D eigenvalue weighted by Crippen LogP contribution is -2.50. The number of rotatable bonds is 2. The first-order chi connectivity index (χ1) is 6.94. The van der Waals surface area contributed by atoms with Gasteiger partial charge in [-0.3, -0.25) is 0 Å². The Morgan fingerprint density at radius 3 is 2.13 bits per heavy atom. The summed E-state index contributed by atoms with van der Waals surface area (Å²) in [5, 5.41) is 28.1. The van der Waals surface area contributed by atoms with Crippen LogP contribution in [0.3, 0.4) is 0 Å². The van der Waals surface area contributed by atoms with Crippen LogP contribution in [0, 0.1) is 0 Å². The summed E-state index contributed by atoms with van der Waals surface area (Å²) in [7, 11) is 0. The maximum atomic E-state index is 9.89. The lowest BCUT2D eigenvalue weighted by Gasteiger charge is -2.30. The van der Waals surface area contributed by atoms with Crippen molar-refractivity contribution in [3.63, 3.8) is 0 Å². The van der Waals surface area contributed by atoms with E-state index in [1.165, 1.54) is 0 Å². The van der Waals surface area contributed by atoms with Gasteiger partial charge in [-0.1, -0.05) is 0 Å². The minimum atomic E-state index is -1.38. The molecule has 6 heteroatoms. The van der Waals surface area contributed by atoms with Crippen molar-refractivity contribution < 1.29 is 29.5 Å². The van der Waals surface area contributed by atoms with Gasteiger partial charge >= 0.3 is 0 Å². The molecule has 2 aliphatic rings. The van der Waals surface area contributed by atoms with E-state index in [4.69, 9.17) is 24.4 Å². The minimum absolute atomic E-state index is 0.481. The van der Waals surface area contributed by atoms with Crippen molar-refractivity contribution in [3.8, 4) is 0 Å². The van der Waals surface area contributed by atoms with Crippen molar-refractivity contribution in [2.24, 2.45) is 0 Å². The first-order valence-corrected chi connectivity index (χ1v) is 4.87. The maximum absolute atomic E-state index is 9.89. The molecular weight excluding hydrogens is 204 g/mol. The zero-order chi connectivity index (χ0) is 11.3. The first-order valence-electron chi connectivity index (χ1n) is 4.87. The first kappa shape index (κ1) is 11.3. The highest BCUT2D eigenvalue weighted by molar-refractivity contribution is 5.02. The van der Waals surface area contributed by atoms with Gasteiger partial charge in [-0.25, -0.2) is 0 Å². The molecule has 0 bridgehead atoms. The Labute approximate surface area is 87.4 Å². The van der Waals surface area contributed by atoms with Gasteiger partial charge in [-0.05, 0) is 13.8 Å². The van der Waals surface area contributed by atoms with Crippen molar-refractivity contribution in [2.45, 2.75) is 43.7 Å². The van der Waals surface area contributed by atoms with Crippen molar-refractivity contribution in [2.75, 3.05) is 13.2 Å². The molecule has 88 valence electrons. The summed E-state index contributed by atoms with van der Waals surface area (Å²) < 4.78 is 16.1. The molecule has 0 aromatic heterocycles. The average Bonchev–Trinajstić information content (AvgIpc) is 2.59. The molecule has 0 spiro atoms. The van der Waals surface area contributed by atoms with Gasteiger partial charge in [0.05, 0.1) is 13.2 Å². The third kappa shape index (κ3) is 1.57. The lowest BCUT2D eigenvalue weighted by molar-refractivity contribution is -0.252. The molecule has 6 nitrogen and oxygen atoms in total. The fourth-order valence-corrected chi connectivity index (χ4v) is 1.97. The van der Waals surface area contributed by atoms with Crippen LogP contribution in [0.2, 0.25) is 0 Å². The predicted octanol–water partition coefficient (Wildman–Crippen LogP) is -1.42. The van der Waals surface area contributed by atoms with E-state index in [-0.39, 0.29) is 0 Å². The normalized spacial score (nSPS) is 41.8. The minimum Gasteiger partial charge on any atom is -0.393 e. The number of hydrogen-bond donors (Lipinski definition) is 3. The van der Waals surface area contributed by atoms with Crippen molar-refractivity contribution >= 4 is 0 Å². The summed E-state index contributed by atoms with van der Waals surface area (Å²) in [6, 6.07) is 0. The van der Waals surface area contributed by atoms with Crippen molar-refractivity contribution in [3.05, 3.63) is 0 Å². The lowest BCUT2D eigenvalue weighted by atomic mass is 9.97. The predicted molar refractivity (Wildman–Crippen MR) is 47.8 cm³/mol. The second kappa shape index (κ2) is 3.38. The fourth-order valence-electron chi connectivity index (χ4n) is 1.97. The van der Waals surface area contributed by atoms with Crippen LogP contribution in [0.1, 0.15) is 13.8 Å². The second-order valence-electron chi connectivity index (χ2n) is 4.41. The van der Waals surface area contributed by atoms with E-state index in [9.17, 15) is 5.11 Å². The average molecular weight is 220 g/mol. The molecule has 0 radical (unpaired) electrons. The monoisotopic (exact) mass is 220 g/mol. The molecular formula is C9H16O6. The van der Waals surface area contributed by atoms with Crippen LogP contribution in [-0.2, 0) is 14.2 Å². The van der Waals surface area contributed by atoms with Crippen molar-refractivity contribution in [1.29, 1.82) is 0 Å². The molecule has 2 aliphatic heterocycles. The van der Waals surface area contributed by atoms with Gasteiger partial charge in [0.15, 0.2) is 12.1 Å². The van der Waals surface area contributed by atoms with Crippen LogP contribution in [-0.4, -0.2) is 58.4 Å². The van der Waals surface area contributed by atoms with E-state index < -0.39 is 43.1 Å². The molecule has 15 heavy (non-hydrogen) atoms. The Hall–Kier alpha value is -0.240. The fraction of sp³-hybridized carbons (Fsp3) is 1.00. The van der Waals surface area contributed by atoms with E-state index in [2.05, 4.69) is 0 Å². The highest BCUT2D eigenvalue weighted by Crippen LogP contribution is 2.41. The van der Waals surface area contributed by atoms with Gasteiger partial charge in [-0.2, -0.15) is 0 Å². The Kier molecular flexibility index (Phi) is 2.53. The molecule has 3 unspecified atom stereocenters. The molecule has 2 heterocycles. The molecule has 2 rings (SSSR count). The molecule has 2 fully saturated rings. The summed E-state index contributed by atoms with van der Waals surface area (Å²) in [6.07, 6.45) is -2.51. The number of aliphatic hydroxyl groups is 3. The van der Waals surface area contributed by atoms with E-state index in [1.54, 1.807) is 13.8 Å². The topological polar surface area (TPSA) is 88.4 Å². The molecule has 3 atom stereocenters. The maximum Gasteiger partial charge on any atom is 0.190 e. The van der Waals surface area contributed by atoms with E-state index in [0.29, 0.717) is 0 Å². The van der Waals surface area contributed by atoms with Crippen LogP contribution in [0.4, 0.5) is 0 Å². The quantitative estimate of drug-likeness (QED) is 0.529. The van der Waals surface area contributed by atoms with E-state index >= 15 is 0 Å². The third-order valence-electron chi connectivity index (χ3n) is 2.82. The number of fused-ring (bicyclic) bond motifs is 1. The van der Waals surface area contributed by atoms with Gasteiger partial charge < -0.3 is 29.5 Å². The standard InChI is InChI=1S/C9H16O6/c1-8(2)13-5-6(12)9(3-10,4-11)15-7(5)14-8/h5-7,10-12H,3-4H2,1-2H3. The Morgan fingerprint density at radius 2 is 1.67 bits per heavy atom. The Balaban J connectivity index is 2.17. The molecule has 0 aromatic carbocycles. The zero-order valence-corrected chi connectivity index (χ0v) is 8.71. The zero-order valence-electron chi connectivity index (χ0n) is 8.71. The molecule has 0 saturated carbocycles. The SMILES string of the molecule is CC1(C)OC2OC(CO)(CO)C(O)C2O1. The van der Waals surface area contributed by atoms with Crippen LogP contribution < -0.4 is 0 Å². The van der Waals surface area contributed by atoms with Gasteiger partial charge in [-0.15, -0.1) is 0 Å². The highest BCUT2D eigenvalue weighted by Gasteiger charge is 2.61. The summed E-state index contributed by atoms with van der Waals surface area (Å²) >= 11 is 0. The summed E-state index contributed by atoms with van der Waals surface area (Å²) in [6.45, 7) is 2.46. The van der Waals surface area contributed by atoms with Gasteiger partial charge in [0.1, 0.15) is 17.8 Å². The van der Waals surface area contributed by atoms with E-state index in [1.807, 2.05) is 0 Å². The van der Waals surface area contributed by atoms with Crippen LogP contribution in [0.25, 0.3) is 0 Å². The smallest absolute Gasteiger partial charge is 0.190 e. The summed E-state index contributed by atoms with van der Waals surface area (Å²) in [5.74, 6) is -0.812. The molecule has 0 amide bonds. The largest absolute Gasteiger partial charge is 0.393 e. The van der Waals surface area contributed by atoms with Gasteiger partial charge in [0.25, 0.3) is 0 Å². The summed E-state index contributed by atoms with van der Waals surface area (Å²) in [4.78, 5) is 0. The number of hydrogen-bond acceptors (Lipinski definition) is 6. The number of aliphatic hydroxyl groups excluding tert-OH is 3. The van der Waals surface area contributed by atoms with Crippen LogP contribution in [0.15, 0.2) is 0 Å². The molecule has 2 saturated heterocycles. The number of ether oxygens (including phenoxy) is 3. The van der Waals surface area contributed by atoms with Crippen LogP contribution in [0.5, 0.6) is 0 Å². The molecule has 0 aliphatic carbocycles. The summed E-state index contributed by atoms with van der Waals surface area (Å²) in [5.41, 5.74) is -1.38. The Bertz CT molecular complexity index is 249. The van der Waals surface area contributed by atoms with E-state index in [0.717, 1.165) is 0 Å².